The Balaban J connectivity index is 1.39. The van der Waals surface area contributed by atoms with Crippen LogP contribution in [0.2, 0.25) is 0 Å². The number of ether oxygens (including phenoxy) is 1. The van der Waals surface area contributed by atoms with Crippen molar-refractivity contribution in [1.82, 2.24) is 29.8 Å². The number of likely N-dealkylation sites (tertiary alicyclic amines) is 1. The van der Waals surface area contributed by atoms with Gasteiger partial charge in [-0.25, -0.2) is 14.2 Å². The third-order valence-corrected chi connectivity index (χ3v) is 5.18. The van der Waals surface area contributed by atoms with Crippen molar-refractivity contribution in [2.75, 3.05) is 13.1 Å². The topological polar surface area (TPSA) is 94.3 Å². The molecule has 1 aliphatic rings. The lowest BCUT2D eigenvalue weighted by Crippen LogP contribution is -2.47. The van der Waals surface area contributed by atoms with Crippen LogP contribution in [0, 0.1) is 0 Å². The van der Waals surface area contributed by atoms with Crippen LogP contribution in [-0.4, -0.2) is 55.3 Å². The summed E-state index contributed by atoms with van der Waals surface area (Å²) in [5, 5.41) is 12.5. The monoisotopic (exact) mass is 424 g/mol. The van der Waals surface area contributed by atoms with Crippen LogP contribution in [-0.2, 0) is 11.4 Å². The third kappa shape index (κ3) is 5.11. The molecule has 1 N–H and O–H groups in total. The largest absolute Gasteiger partial charge is 0.444 e. The van der Waals surface area contributed by atoms with Gasteiger partial charge >= 0.3 is 6.09 Å². The van der Waals surface area contributed by atoms with Gasteiger partial charge in [0.25, 0.3) is 5.56 Å². The van der Waals surface area contributed by atoms with Crippen LogP contribution in [0.1, 0.15) is 33.6 Å². The molecule has 0 spiro atoms. The second-order valence-corrected chi connectivity index (χ2v) is 8.84. The lowest BCUT2D eigenvalue weighted by atomic mass is 10.1. The predicted molar refractivity (Wildman–Crippen MR) is 117 cm³/mol. The van der Waals surface area contributed by atoms with E-state index in [0.717, 1.165) is 31.6 Å². The van der Waals surface area contributed by atoms with Crippen molar-refractivity contribution in [3.63, 3.8) is 0 Å². The van der Waals surface area contributed by atoms with Crippen molar-refractivity contribution in [2.24, 2.45) is 0 Å². The van der Waals surface area contributed by atoms with Crippen LogP contribution >= 0.6 is 0 Å². The molecule has 3 aromatic rings. The summed E-state index contributed by atoms with van der Waals surface area (Å²) in [4.78, 5) is 27.0. The van der Waals surface area contributed by atoms with Crippen molar-refractivity contribution in [2.45, 2.75) is 51.9 Å². The normalized spacial score (nSPS) is 15.8. The van der Waals surface area contributed by atoms with Crippen LogP contribution in [0.15, 0.2) is 47.5 Å². The number of aromatic nitrogens is 4. The van der Waals surface area contributed by atoms with E-state index in [0.29, 0.717) is 17.6 Å². The number of para-hydroxylation sites is 1. The predicted octanol–water partition coefficient (Wildman–Crippen LogP) is 2.53. The van der Waals surface area contributed by atoms with E-state index in [4.69, 9.17) is 4.74 Å². The van der Waals surface area contributed by atoms with Gasteiger partial charge in [-0.2, -0.15) is 10.2 Å². The Labute approximate surface area is 180 Å². The zero-order valence-corrected chi connectivity index (χ0v) is 18.1. The summed E-state index contributed by atoms with van der Waals surface area (Å²) in [5.74, 6) is 0. The highest BCUT2D eigenvalue weighted by Gasteiger charge is 2.24. The molecule has 1 aliphatic heterocycles. The second-order valence-electron chi connectivity index (χ2n) is 8.84. The molecular weight excluding hydrogens is 396 g/mol. The zero-order chi connectivity index (χ0) is 22.0. The van der Waals surface area contributed by atoms with Crippen LogP contribution in [0.3, 0.4) is 0 Å². The number of nitrogens with zero attached hydrogens (tertiary/aromatic N) is 5. The fourth-order valence-corrected chi connectivity index (χ4v) is 3.65. The minimum absolute atomic E-state index is 0.0693. The third-order valence-electron chi connectivity index (χ3n) is 5.18. The van der Waals surface area contributed by atoms with Gasteiger partial charge in [-0.15, -0.1) is 0 Å². The van der Waals surface area contributed by atoms with Crippen molar-refractivity contribution >= 4 is 17.0 Å². The van der Waals surface area contributed by atoms with Crippen molar-refractivity contribution < 1.29 is 9.53 Å². The molecule has 0 atom stereocenters. The molecule has 0 radical (unpaired) electrons. The number of benzene rings is 1. The number of alkyl carbamates (subject to hydrolysis) is 1. The van der Waals surface area contributed by atoms with E-state index >= 15 is 0 Å². The van der Waals surface area contributed by atoms with Gasteiger partial charge < -0.3 is 10.1 Å². The number of hydrogen-bond acceptors (Lipinski definition) is 6. The summed E-state index contributed by atoms with van der Waals surface area (Å²) in [6.07, 6.45) is 4.69. The molecule has 31 heavy (non-hydrogen) atoms. The van der Waals surface area contributed by atoms with Crippen molar-refractivity contribution in [3.05, 3.63) is 53.1 Å². The maximum absolute atomic E-state index is 12.9. The average molecular weight is 425 g/mol. The quantitative estimate of drug-likeness (QED) is 0.692. The minimum Gasteiger partial charge on any atom is -0.444 e. The Hall–Kier alpha value is -3.20. The fourth-order valence-electron chi connectivity index (χ4n) is 3.65. The highest BCUT2D eigenvalue weighted by atomic mass is 16.6. The number of nitrogens with one attached hydrogen (secondary N) is 1. The molecule has 1 aromatic carbocycles. The van der Waals surface area contributed by atoms with Crippen molar-refractivity contribution in [3.8, 4) is 5.69 Å². The summed E-state index contributed by atoms with van der Waals surface area (Å²) in [6.45, 7) is 7.45. The molecule has 0 unspecified atom stereocenters. The Morgan fingerprint density at radius 2 is 1.90 bits per heavy atom. The summed E-state index contributed by atoms with van der Waals surface area (Å²) in [5.41, 5.74) is 0.578. The van der Waals surface area contributed by atoms with Gasteiger partial charge in [-0.05, 0) is 45.7 Å². The van der Waals surface area contributed by atoms with E-state index < -0.39 is 5.60 Å². The molecule has 2 aromatic heterocycles. The summed E-state index contributed by atoms with van der Waals surface area (Å²) in [6, 6.07) is 9.74. The summed E-state index contributed by atoms with van der Waals surface area (Å²) < 4.78 is 8.48. The number of fused-ring (bicyclic) bond motifs is 1. The highest BCUT2D eigenvalue weighted by Crippen LogP contribution is 2.14. The van der Waals surface area contributed by atoms with Crippen LogP contribution < -0.4 is 10.9 Å². The first kappa shape index (κ1) is 21.0. The Morgan fingerprint density at radius 1 is 1.19 bits per heavy atom. The van der Waals surface area contributed by atoms with Gasteiger partial charge in [0.15, 0.2) is 5.52 Å². The molecule has 0 aliphatic carbocycles. The Bertz CT molecular complexity index is 1110. The number of hydrogen-bond donors (Lipinski definition) is 1. The SMILES string of the molecule is CC(C)(C)OC(=O)NC1CCN(Cn2ncc3cn(-c4ccccc4)nc3c2=O)CC1. The average Bonchev–Trinajstić information content (AvgIpc) is 3.16. The number of carbonyl (C=O) groups is 1. The standard InChI is InChI=1S/C22H28N6O3/c1-22(2,3)31-21(30)24-17-9-11-26(12-10-17)15-28-20(29)19-16(13-23-28)14-27(25-19)18-7-5-4-6-8-18/h4-8,13-14,17H,9-12,15H2,1-3H3,(H,24,30). The molecule has 1 saturated heterocycles. The lowest BCUT2D eigenvalue weighted by molar-refractivity contribution is 0.0470. The van der Waals surface area contributed by atoms with Gasteiger partial charge in [0.1, 0.15) is 5.60 Å². The molecule has 164 valence electrons. The van der Waals surface area contributed by atoms with Crippen LogP contribution in [0.25, 0.3) is 16.6 Å². The molecule has 4 rings (SSSR count). The molecule has 1 fully saturated rings. The van der Waals surface area contributed by atoms with Crippen LogP contribution in [0.4, 0.5) is 4.79 Å². The van der Waals surface area contributed by atoms with Gasteiger partial charge in [0, 0.05) is 30.7 Å². The van der Waals surface area contributed by atoms with E-state index in [-0.39, 0.29) is 17.7 Å². The van der Waals surface area contributed by atoms with Gasteiger partial charge in [0.2, 0.25) is 0 Å². The minimum atomic E-state index is -0.510. The summed E-state index contributed by atoms with van der Waals surface area (Å²) in [7, 11) is 0. The molecule has 0 saturated carbocycles. The Kier molecular flexibility index (Phi) is 5.77. The van der Waals surface area contributed by atoms with E-state index in [9.17, 15) is 9.59 Å². The highest BCUT2D eigenvalue weighted by molar-refractivity contribution is 5.76. The van der Waals surface area contributed by atoms with Gasteiger partial charge in [0.05, 0.1) is 18.6 Å². The van der Waals surface area contributed by atoms with Gasteiger partial charge in [-0.1, -0.05) is 18.2 Å². The molecule has 0 bridgehead atoms. The molecular formula is C22H28N6O3. The van der Waals surface area contributed by atoms with E-state index in [2.05, 4.69) is 20.4 Å². The smallest absolute Gasteiger partial charge is 0.407 e. The molecule has 3 heterocycles. The van der Waals surface area contributed by atoms with Gasteiger partial charge in [-0.3, -0.25) is 9.69 Å². The number of amides is 1. The molecule has 1 amide bonds. The molecule has 9 nitrogen and oxygen atoms in total. The van der Waals surface area contributed by atoms with E-state index in [1.165, 1.54) is 4.68 Å². The second kappa shape index (κ2) is 8.50. The number of piperidine rings is 1. The first-order valence-corrected chi connectivity index (χ1v) is 10.5. The number of rotatable bonds is 4. The van der Waals surface area contributed by atoms with Crippen LogP contribution in [0.5, 0.6) is 0 Å². The fraction of sp³-hybridized carbons (Fsp3) is 0.455. The summed E-state index contributed by atoms with van der Waals surface area (Å²) >= 11 is 0. The van der Waals surface area contributed by atoms with Crippen molar-refractivity contribution in [1.29, 1.82) is 0 Å². The maximum atomic E-state index is 12.9. The lowest BCUT2D eigenvalue weighted by Gasteiger charge is -2.32. The Morgan fingerprint density at radius 3 is 2.58 bits per heavy atom. The first-order valence-electron chi connectivity index (χ1n) is 10.5. The van der Waals surface area contributed by atoms with E-state index in [1.807, 2.05) is 57.3 Å². The molecule has 9 heteroatoms. The van der Waals surface area contributed by atoms with E-state index in [1.54, 1.807) is 10.9 Å². The zero-order valence-electron chi connectivity index (χ0n) is 18.1. The maximum Gasteiger partial charge on any atom is 0.407 e. The number of carbonyl (C=O) groups excluding carboxylic acids is 1. The first-order chi connectivity index (χ1) is 14.8.